The lowest BCUT2D eigenvalue weighted by Gasteiger charge is -2.28. The molecular formula is C17H18ClN3O5. The molecule has 0 saturated carbocycles. The Labute approximate surface area is 154 Å². The number of carbonyl (C=O) groups is 1. The Kier molecular flexibility index (Phi) is 5.76. The van der Waals surface area contributed by atoms with Crippen molar-refractivity contribution in [3.63, 3.8) is 0 Å². The summed E-state index contributed by atoms with van der Waals surface area (Å²) in [5, 5.41) is 14.8. The molecule has 0 spiro atoms. The Balaban J connectivity index is 2.71. The minimum atomic E-state index is -1.44. The lowest BCUT2D eigenvalue weighted by Crippen LogP contribution is -2.38. The Morgan fingerprint density at radius 1 is 1.35 bits per heavy atom. The second-order valence-corrected chi connectivity index (χ2v) is 6.02. The van der Waals surface area contributed by atoms with Crippen molar-refractivity contribution in [1.82, 2.24) is 9.78 Å². The lowest BCUT2D eigenvalue weighted by atomic mass is 9.77. The number of non-ortho nitro benzene ring substituents is 1. The Morgan fingerprint density at radius 3 is 2.46 bits per heavy atom. The highest BCUT2D eigenvalue weighted by molar-refractivity contribution is 6.31. The molecule has 1 atom stereocenters. The Bertz CT molecular complexity index is 894. The maximum absolute atomic E-state index is 12.8. The predicted octanol–water partition coefficient (Wildman–Crippen LogP) is 2.69. The van der Waals surface area contributed by atoms with Crippen LogP contribution in [0.1, 0.15) is 31.9 Å². The fourth-order valence-corrected chi connectivity index (χ4v) is 2.95. The summed E-state index contributed by atoms with van der Waals surface area (Å²) in [6.07, 6.45) is 1.35. The van der Waals surface area contributed by atoms with E-state index >= 15 is 0 Å². The highest BCUT2D eigenvalue weighted by Gasteiger charge is 2.42. The van der Waals surface area contributed by atoms with Crippen molar-refractivity contribution >= 4 is 23.3 Å². The van der Waals surface area contributed by atoms with Gasteiger partial charge in [0.25, 0.3) is 11.2 Å². The van der Waals surface area contributed by atoms with E-state index < -0.39 is 21.9 Å². The molecule has 1 unspecified atom stereocenters. The zero-order chi connectivity index (χ0) is 19.5. The first-order valence-corrected chi connectivity index (χ1v) is 8.33. The molecule has 0 fully saturated rings. The highest BCUT2D eigenvalue weighted by Crippen LogP contribution is 2.36. The summed E-state index contributed by atoms with van der Waals surface area (Å²) in [4.78, 5) is 35.4. The quantitative estimate of drug-likeness (QED) is 0.434. The third-order valence-corrected chi connectivity index (χ3v) is 4.53. The van der Waals surface area contributed by atoms with Gasteiger partial charge in [-0.15, -0.1) is 0 Å². The number of nitro benzene ring substituents is 1. The fourth-order valence-electron chi connectivity index (χ4n) is 2.61. The molecule has 1 aromatic heterocycles. The summed E-state index contributed by atoms with van der Waals surface area (Å²) in [6.45, 7) is 5.39. The summed E-state index contributed by atoms with van der Waals surface area (Å²) >= 11 is 6.25. The molecule has 0 N–H and O–H groups in total. The molecule has 9 heteroatoms. The molecule has 0 bridgehead atoms. The molecule has 1 aromatic carbocycles. The molecular weight excluding hydrogens is 362 g/mol. The van der Waals surface area contributed by atoms with E-state index in [4.69, 9.17) is 16.3 Å². The van der Waals surface area contributed by atoms with E-state index in [1.165, 1.54) is 35.1 Å². The monoisotopic (exact) mass is 379 g/mol. The van der Waals surface area contributed by atoms with E-state index in [1.54, 1.807) is 20.8 Å². The van der Waals surface area contributed by atoms with Gasteiger partial charge in [-0.1, -0.05) is 23.7 Å². The molecule has 2 rings (SSSR count). The normalized spacial score (nSPS) is 13.1. The average Bonchev–Trinajstić information content (AvgIpc) is 2.63. The number of hydrogen-bond donors (Lipinski definition) is 0. The summed E-state index contributed by atoms with van der Waals surface area (Å²) in [6, 6.07) is 5.44. The highest BCUT2D eigenvalue weighted by atomic mass is 35.5. The second-order valence-electron chi connectivity index (χ2n) is 5.64. The van der Waals surface area contributed by atoms with Crippen molar-refractivity contribution in [3.8, 4) is 0 Å². The average molecular weight is 380 g/mol. The van der Waals surface area contributed by atoms with Gasteiger partial charge in [0.15, 0.2) is 0 Å². The lowest BCUT2D eigenvalue weighted by molar-refractivity contribution is -0.384. The molecule has 0 saturated heterocycles. The Hall–Kier alpha value is -2.74. The van der Waals surface area contributed by atoms with Crippen LogP contribution in [0.15, 0.2) is 35.3 Å². The third-order valence-electron chi connectivity index (χ3n) is 4.16. The number of hydrogen-bond acceptors (Lipinski definition) is 6. The van der Waals surface area contributed by atoms with Crippen LogP contribution < -0.4 is 5.56 Å². The molecule has 0 amide bonds. The summed E-state index contributed by atoms with van der Waals surface area (Å²) in [5.74, 6) is -0.633. The van der Waals surface area contributed by atoms with Gasteiger partial charge in [-0.3, -0.25) is 19.7 Å². The standard InChI is InChI=1S/C17H18ClN3O5/c1-4-20-15(22)14(18)13(10-19-20)17(3,16(23)26-5-2)11-6-8-12(9-7-11)21(24)25/h6-10H,4-5H2,1-3H3. The van der Waals surface area contributed by atoms with Gasteiger partial charge in [-0.2, -0.15) is 5.10 Å². The number of aromatic nitrogens is 2. The van der Waals surface area contributed by atoms with Crippen molar-refractivity contribution in [2.75, 3.05) is 6.61 Å². The first-order valence-electron chi connectivity index (χ1n) is 7.95. The van der Waals surface area contributed by atoms with Crippen LogP contribution in [0, 0.1) is 10.1 Å². The van der Waals surface area contributed by atoms with E-state index in [0.29, 0.717) is 12.1 Å². The van der Waals surface area contributed by atoms with Crippen LogP contribution in [0.4, 0.5) is 5.69 Å². The number of aryl methyl sites for hydroxylation is 1. The molecule has 0 aliphatic heterocycles. The van der Waals surface area contributed by atoms with E-state index in [0.717, 1.165) is 0 Å². The van der Waals surface area contributed by atoms with E-state index in [1.807, 2.05) is 0 Å². The van der Waals surface area contributed by atoms with Crippen LogP contribution in [-0.4, -0.2) is 27.3 Å². The molecule has 0 aliphatic rings. The van der Waals surface area contributed by atoms with Crippen LogP contribution >= 0.6 is 11.6 Å². The van der Waals surface area contributed by atoms with Crippen molar-refractivity contribution in [2.45, 2.75) is 32.7 Å². The first-order chi connectivity index (χ1) is 12.3. The Morgan fingerprint density at radius 2 is 1.96 bits per heavy atom. The molecule has 0 aliphatic carbocycles. The summed E-state index contributed by atoms with van der Waals surface area (Å²) in [5.41, 5.74) is -1.50. The van der Waals surface area contributed by atoms with Crippen LogP contribution in [-0.2, 0) is 21.5 Å². The van der Waals surface area contributed by atoms with Crippen molar-refractivity contribution in [1.29, 1.82) is 0 Å². The molecule has 0 radical (unpaired) electrons. The zero-order valence-electron chi connectivity index (χ0n) is 14.6. The van der Waals surface area contributed by atoms with Gasteiger partial charge in [0, 0.05) is 24.2 Å². The summed E-state index contributed by atoms with van der Waals surface area (Å²) in [7, 11) is 0. The number of benzene rings is 1. The number of nitrogens with zero attached hydrogens (tertiary/aromatic N) is 3. The second kappa shape index (κ2) is 7.65. The van der Waals surface area contributed by atoms with Gasteiger partial charge in [-0.05, 0) is 26.3 Å². The third kappa shape index (κ3) is 3.32. The fraction of sp³-hybridized carbons (Fsp3) is 0.353. The zero-order valence-corrected chi connectivity index (χ0v) is 15.3. The maximum atomic E-state index is 12.8. The number of rotatable bonds is 6. The van der Waals surface area contributed by atoms with E-state index in [2.05, 4.69) is 5.10 Å². The van der Waals surface area contributed by atoms with Crippen LogP contribution in [0.2, 0.25) is 5.02 Å². The van der Waals surface area contributed by atoms with Gasteiger partial charge >= 0.3 is 5.97 Å². The smallest absolute Gasteiger partial charge is 0.320 e. The topological polar surface area (TPSA) is 104 Å². The summed E-state index contributed by atoms with van der Waals surface area (Å²) < 4.78 is 6.35. The molecule has 138 valence electrons. The largest absolute Gasteiger partial charge is 0.465 e. The van der Waals surface area contributed by atoms with Crippen LogP contribution in [0.25, 0.3) is 0 Å². The number of halogens is 1. The molecule has 1 heterocycles. The van der Waals surface area contributed by atoms with Gasteiger partial charge in [0.1, 0.15) is 10.4 Å². The van der Waals surface area contributed by atoms with Crippen LogP contribution in [0.3, 0.4) is 0 Å². The molecule has 26 heavy (non-hydrogen) atoms. The number of carbonyl (C=O) groups excluding carboxylic acids is 1. The van der Waals surface area contributed by atoms with Gasteiger partial charge in [-0.25, -0.2) is 4.68 Å². The van der Waals surface area contributed by atoms with Gasteiger partial charge in [0.2, 0.25) is 0 Å². The van der Waals surface area contributed by atoms with Crippen molar-refractivity contribution < 1.29 is 14.5 Å². The molecule has 2 aromatic rings. The van der Waals surface area contributed by atoms with E-state index in [9.17, 15) is 19.7 Å². The number of ether oxygens (including phenoxy) is 1. The SMILES string of the molecule is CCOC(=O)C(C)(c1ccc([N+](=O)[O-])cc1)c1cnn(CC)c(=O)c1Cl. The van der Waals surface area contributed by atoms with Gasteiger partial charge in [0.05, 0.1) is 17.7 Å². The minimum Gasteiger partial charge on any atom is -0.465 e. The van der Waals surface area contributed by atoms with E-state index in [-0.39, 0.29) is 22.9 Å². The van der Waals surface area contributed by atoms with Crippen molar-refractivity contribution in [2.24, 2.45) is 0 Å². The molecule has 8 nitrogen and oxygen atoms in total. The number of nitro groups is 1. The predicted molar refractivity (Wildman–Crippen MR) is 95.4 cm³/mol. The van der Waals surface area contributed by atoms with Crippen molar-refractivity contribution in [3.05, 3.63) is 67.1 Å². The van der Waals surface area contributed by atoms with Crippen LogP contribution in [0.5, 0.6) is 0 Å². The number of esters is 1. The maximum Gasteiger partial charge on any atom is 0.320 e. The first kappa shape index (κ1) is 19.6. The minimum absolute atomic E-state index is 0.120. The van der Waals surface area contributed by atoms with Gasteiger partial charge < -0.3 is 4.74 Å².